The molecule has 1 heterocycles. The van der Waals surface area contributed by atoms with E-state index < -0.39 is 23.6 Å². The Morgan fingerprint density at radius 1 is 0.805 bits per heavy atom. The molecule has 41 heavy (non-hydrogen) atoms. The van der Waals surface area contributed by atoms with Crippen molar-refractivity contribution in [3.05, 3.63) is 95.2 Å². The zero-order valence-electron chi connectivity index (χ0n) is 22.4. The molecular formula is C32H31F2NO6. The number of ether oxygens (including phenoxy) is 2. The van der Waals surface area contributed by atoms with Crippen LogP contribution >= 0.6 is 0 Å². The number of aryl methyl sites for hydroxylation is 1. The van der Waals surface area contributed by atoms with Gasteiger partial charge >= 0.3 is 11.9 Å². The van der Waals surface area contributed by atoms with Gasteiger partial charge in [-0.15, -0.1) is 0 Å². The molecule has 0 radical (unpaired) electrons. The number of halogens is 2. The number of carbonyl (C=O) groups is 2. The van der Waals surface area contributed by atoms with Gasteiger partial charge in [0, 0.05) is 36.1 Å². The Labute approximate surface area is 236 Å². The Morgan fingerprint density at radius 2 is 1.51 bits per heavy atom. The minimum Gasteiger partial charge on any atom is -0.494 e. The summed E-state index contributed by atoms with van der Waals surface area (Å²) in [5.41, 5.74) is 3.37. The number of aromatic nitrogens is 1. The van der Waals surface area contributed by atoms with Crippen LogP contribution in [0.3, 0.4) is 0 Å². The summed E-state index contributed by atoms with van der Waals surface area (Å²) in [6, 6.07) is 16.8. The van der Waals surface area contributed by atoms with E-state index in [1.165, 1.54) is 6.07 Å². The van der Waals surface area contributed by atoms with E-state index in [0.29, 0.717) is 43.9 Å². The summed E-state index contributed by atoms with van der Waals surface area (Å²) in [6.07, 6.45) is 7.47. The largest absolute Gasteiger partial charge is 0.494 e. The lowest BCUT2D eigenvalue weighted by atomic mass is 10.0. The maximum atomic E-state index is 13.2. The number of benzene rings is 3. The fourth-order valence-corrected chi connectivity index (χ4v) is 4.50. The molecule has 4 aromatic rings. The Bertz CT molecular complexity index is 1530. The van der Waals surface area contributed by atoms with E-state index >= 15 is 0 Å². The van der Waals surface area contributed by atoms with Crippen LogP contribution in [-0.2, 0) is 22.6 Å². The predicted octanol–water partition coefficient (Wildman–Crippen LogP) is 6.82. The molecule has 3 aromatic carbocycles. The van der Waals surface area contributed by atoms with Gasteiger partial charge in [-0.2, -0.15) is 0 Å². The first-order valence-electron chi connectivity index (χ1n) is 13.3. The van der Waals surface area contributed by atoms with Crippen LogP contribution in [0.1, 0.15) is 42.4 Å². The standard InChI is InChI=1S/C32H31F2NO6/c33-27-15-14-26(20-28(27)34)41-18-2-1-17-40-25-12-9-22(10-13-25)8-11-23-5-3-6-29-32(23)24(19-31(38)39)21-35(29)16-4-7-30(36)37/h3,5-6,8-15,20-21H,1-2,4,7,16-19H2,(H,36,37)(H,38,39). The Hall–Kier alpha value is -4.66. The number of rotatable bonds is 15. The minimum atomic E-state index is -0.937. The number of hydrogen-bond acceptors (Lipinski definition) is 4. The van der Waals surface area contributed by atoms with Crippen LogP contribution in [0.5, 0.6) is 11.5 Å². The molecule has 0 aliphatic carbocycles. The lowest BCUT2D eigenvalue weighted by molar-refractivity contribution is -0.137. The average molecular weight is 564 g/mol. The molecule has 0 bridgehead atoms. The summed E-state index contributed by atoms with van der Waals surface area (Å²) in [5, 5.41) is 19.2. The van der Waals surface area contributed by atoms with Crippen LogP contribution in [0.15, 0.2) is 66.9 Å². The summed E-state index contributed by atoms with van der Waals surface area (Å²) in [7, 11) is 0. The van der Waals surface area contributed by atoms with Crippen LogP contribution in [0.4, 0.5) is 8.78 Å². The van der Waals surface area contributed by atoms with Crippen molar-refractivity contribution in [2.75, 3.05) is 13.2 Å². The monoisotopic (exact) mass is 563 g/mol. The van der Waals surface area contributed by atoms with Crippen LogP contribution in [0, 0.1) is 11.6 Å². The van der Waals surface area contributed by atoms with Crippen molar-refractivity contribution < 1.29 is 38.1 Å². The molecule has 0 unspecified atom stereocenters. The first-order valence-corrected chi connectivity index (χ1v) is 13.3. The molecule has 4 rings (SSSR count). The van der Waals surface area contributed by atoms with Crippen LogP contribution in [0.25, 0.3) is 23.1 Å². The number of unbranched alkanes of at least 4 members (excludes halogenated alkanes) is 1. The van der Waals surface area contributed by atoms with Gasteiger partial charge in [0.05, 0.1) is 19.6 Å². The van der Waals surface area contributed by atoms with Crippen LogP contribution < -0.4 is 9.47 Å². The smallest absolute Gasteiger partial charge is 0.307 e. The first-order chi connectivity index (χ1) is 19.8. The van der Waals surface area contributed by atoms with Crippen LogP contribution in [0.2, 0.25) is 0 Å². The molecule has 214 valence electrons. The van der Waals surface area contributed by atoms with Crippen molar-refractivity contribution in [1.82, 2.24) is 4.57 Å². The fourth-order valence-electron chi connectivity index (χ4n) is 4.50. The third-order valence-electron chi connectivity index (χ3n) is 6.45. The van der Waals surface area contributed by atoms with E-state index in [2.05, 4.69) is 0 Å². The lowest BCUT2D eigenvalue weighted by Crippen LogP contribution is -2.03. The van der Waals surface area contributed by atoms with E-state index in [0.717, 1.165) is 40.6 Å². The topological polar surface area (TPSA) is 98.0 Å². The first kappa shape index (κ1) is 29.3. The van der Waals surface area contributed by atoms with Gasteiger partial charge in [-0.25, -0.2) is 8.78 Å². The Balaban J connectivity index is 1.33. The highest BCUT2D eigenvalue weighted by Crippen LogP contribution is 2.28. The molecule has 0 saturated heterocycles. The molecule has 2 N–H and O–H groups in total. The Kier molecular flexibility index (Phi) is 10.1. The zero-order chi connectivity index (χ0) is 29.2. The summed E-state index contributed by atoms with van der Waals surface area (Å²) in [5.74, 6) is -2.63. The summed E-state index contributed by atoms with van der Waals surface area (Å²) < 4.78 is 39.3. The van der Waals surface area contributed by atoms with E-state index in [-0.39, 0.29) is 18.6 Å². The van der Waals surface area contributed by atoms with E-state index in [4.69, 9.17) is 14.6 Å². The van der Waals surface area contributed by atoms with Gasteiger partial charge in [0.25, 0.3) is 0 Å². The zero-order valence-corrected chi connectivity index (χ0v) is 22.4. The maximum absolute atomic E-state index is 13.2. The molecule has 0 saturated carbocycles. The molecule has 0 amide bonds. The molecule has 0 aliphatic rings. The summed E-state index contributed by atoms with van der Waals surface area (Å²) >= 11 is 0. The SMILES string of the molecule is O=C(O)CCCn1cc(CC(=O)O)c2c(C=Cc3ccc(OCCCCOc4ccc(F)c(F)c4)cc3)cccc21. The predicted molar refractivity (Wildman–Crippen MR) is 152 cm³/mol. The number of aliphatic carboxylic acids is 2. The fraction of sp³-hybridized carbons (Fsp3) is 0.250. The molecule has 0 aliphatic heterocycles. The van der Waals surface area contributed by atoms with Crippen LogP contribution in [-0.4, -0.2) is 39.9 Å². The quantitative estimate of drug-likeness (QED) is 0.122. The molecule has 1 aromatic heterocycles. The van der Waals surface area contributed by atoms with Gasteiger partial charge in [0.15, 0.2) is 11.6 Å². The number of nitrogens with zero attached hydrogens (tertiary/aromatic N) is 1. The second kappa shape index (κ2) is 14.1. The van der Waals surface area contributed by atoms with Crippen molar-refractivity contribution in [2.24, 2.45) is 0 Å². The average Bonchev–Trinajstić information content (AvgIpc) is 3.29. The van der Waals surface area contributed by atoms with Crippen molar-refractivity contribution in [3.63, 3.8) is 0 Å². The van der Waals surface area contributed by atoms with Crippen molar-refractivity contribution in [3.8, 4) is 11.5 Å². The second-order valence-corrected chi connectivity index (χ2v) is 9.54. The van der Waals surface area contributed by atoms with Gasteiger partial charge in [-0.05, 0) is 66.3 Å². The molecule has 0 spiro atoms. The van der Waals surface area contributed by atoms with E-state index in [1.54, 1.807) is 6.20 Å². The van der Waals surface area contributed by atoms with Gasteiger partial charge in [0.1, 0.15) is 11.5 Å². The van der Waals surface area contributed by atoms with E-state index in [1.807, 2.05) is 59.2 Å². The van der Waals surface area contributed by atoms with Crippen molar-refractivity contribution in [2.45, 2.75) is 38.6 Å². The third kappa shape index (κ3) is 8.41. The van der Waals surface area contributed by atoms with Gasteiger partial charge in [-0.1, -0.05) is 36.4 Å². The molecule has 7 nitrogen and oxygen atoms in total. The van der Waals surface area contributed by atoms with Crippen molar-refractivity contribution >= 4 is 35.0 Å². The Morgan fingerprint density at radius 3 is 2.20 bits per heavy atom. The second-order valence-electron chi connectivity index (χ2n) is 9.54. The number of fused-ring (bicyclic) bond motifs is 1. The number of hydrogen-bond donors (Lipinski definition) is 2. The van der Waals surface area contributed by atoms with Gasteiger partial charge in [-0.3, -0.25) is 9.59 Å². The third-order valence-corrected chi connectivity index (χ3v) is 6.45. The van der Waals surface area contributed by atoms with Crippen molar-refractivity contribution in [1.29, 1.82) is 0 Å². The molecule has 0 atom stereocenters. The van der Waals surface area contributed by atoms with Gasteiger partial charge < -0.3 is 24.3 Å². The molecule has 9 heteroatoms. The summed E-state index contributed by atoms with van der Waals surface area (Å²) in [6.45, 7) is 1.33. The minimum absolute atomic E-state index is 0.0431. The molecular weight excluding hydrogens is 532 g/mol. The number of carboxylic acid groups (broad SMARTS) is 2. The number of carboxylic acids is 2. The van der Waals surface area contributed by atoms with Gasteiger partial charge in [0.2, 0.25) is 0 Å². The highest BCUT2D eigenvalue weighted by atomic mass is 19.2. The molecule has 0 fully saturated rings. The maximum Gasteiger partial charge on any atom is 0.307 e. The highest BCUT2D eigenvalue weighted by Gasteiger charge is 2.14. The normalized spacial score (nSPS) is 11.3. The van der Waals surface area contributed by atoms with E-state index in [9.17, 15) is 23.5 Å². The summed E-state index contributed by atoms with van der Waals surface area (Å²) in [4.78, 5) is 22.4. The highest BCUT2D eigenvalue weighted by molar-refractivity contribution is 5.96. The lowest BCUT2D eigenvalue weighted by Gasteiger charge is -2.08.